The Balaban J connectivity index is 2.37. The lowest BCUT2D eigenvalue weighted by atomic mass is 9.83. The standard InChI is InChI=1S/C15H19F4N/c1-10-3-2-7-14(20,8-6-10)11-4-5-13(16)12(9-11)15(17,18)19/h4-5,9-10H,2-3,6-8,20H2,1H3. The highest BCUT2D eigenvalue weighted by atomic mass is 19.4. The van der Waals surface area contributed by atoms with Crippen LogP contribution in [0, 0.1) is 11.7 Å². The van der Waals surface area contributed by atoms with Crippen LogP contribution in [-0.2, 0) is 11.7 Å². The maximum atomic E-state index is 13.3. The molecule has 2 atom stereocenters. The second kappa shape index (κ2) is 5.35. The smallest absolute Gasteiger partial charge is 0.321 e. The topological polar surface area (TPSA) is 26.0 Å². The highest BCUT2D eigenvalue weighted by Gasteiger charge is 2.37. The first-order valence-corrected chi connectivity index (χ1v) is 6.88. The maximum absolute atomic E-state index is 13.3. The van der Waals surface area contributed by atoms with Gasteiger partial charge in [0.2, 0.25) is 0 Å². The van der Waals surface area contributed by atoms with E-state index in [0.29, 0.717) is 24.3 Å². The Morgan fingerprint density at radius 2 is 1.90 bits per heavy atom. The van der Waals surface area contributed by atoms with Crippen LogP contribution in [-0.4, -0.2) is 0 Å². The maximum Gasteiger partial charge on any atom is 0.419 e. The van der Waals surface area contributed by atoms with Crippen molar-refractivity contribution in [2.24, 2.45) is 11.7 Å². The van der Waals surface area contributed by atoms with Gasteiger partial charge in [0.05, 0.1) is 5.56 Å². The van der Waals surface area contributed by atoms with Crippen LogP contribution in [0.5, 0.6) is 0 Å². The molecule has 20 heavy (non-hydrogen) atoms. The molecule has 2 N–H and O–H groups in total. The van der Waals surface area contributed by atoms with Crippen molar-refractivity contribution < 1.29 is 17.6 Å². The third-order valence-corrected chi connectivity index (χ3v) is 4.25. The van der Waals surface area contributed by atoms with Crippen molar-refractivity contribution in [1.29, 1.82) is 0 Å². The molecule has 2 rings (SSSR count). The first-order chi connectivity index (χ1) is 9.22. The summed E-state index contributed by atoms with van der Waals surface area (Å²) in [6.45, 7) is 2.12. The van der Waals surface area contributed by atoms with E-state index in [1.807, 2.05) is 0 Å². The highest BCUT2D eigenvalue weighted by molar-refractivity contribution is 5.32. The van der Waals surface area contributed by atoms with Crippen molar-refractivity contribution in [2.45, 2.75) is 50.7 Å². The van der Waals surface area contributed by atoms with E-state index in [4.69, 9.17) is 5.73 Å². The molecule has 0 aromatic heterocycles. The fraction of sp³-hybridized carbons (Fsp3) is 0.600. The number of nitrogens with two attached hydrogens (primary N) is 1. The average molecular weight is 289 g/mol. The summed E-state index contributed by atoms with van der Waals surface area (Å²) >= 11 is 0. The Kier molecular flexibility index (Phi) is 4.09. The molecule has 5 heteroatoms. The summed E-state index contributed by atoms with van der Waals surface area (Å²) in [7, 11) is 0. The Morgan fingerprint density at radius 3 is 2.55 bits per heavy atom. The summed E-state index contributed by atoms with van der Waals surface area (Å²) in [6.07, 6.45) is -0.607. The van der Waals surface area contributed by atoms with Gasteiger partial charge in [-0.1, -0.05) is 25.8 Å². The molecular formula is C15H19F4N. The van der Waals surface area contributed by atoms with Gasteiger partial charge in [0.1, 0.15) is 5.82 Å². The molecular weight excluding hydrogens is 270 g/mol. The molecule has 0 aliphatic heterocycles. The molecule has 1 aliphatic carbocycles. The van der Waals surface area contributed by atoms with Crippen molar-refractivity contribution in [1.82, 2.24) is 0 Å². The molecule has 1 aromatic carbocycles. The molecule has 0 radical (unpaired) electrons. The van der Waals surface area contributed by atoms with Crippen LogP contribution in [0.4, 0.5) is 17.6 Å². The van der Waals surface area contributed by atoms with Crippen LogP contribution in [0.15, 0.2) is 18.2 Å². The molecule has 0 bridgehead atoms. The quantitative estimate of drug-likeness (QED) is 0.593. The molecule has 1 aromatic rings. The zero-order valence-electron chi connectivity index (χ0n) is 11.4. The summed E-state index contributed by atoms with van der Waals surface area (Å²) in [5, 5.41) is 0. The molecule has 1 aliphatic rings. The summed E-state index contributed by atoms with van der Waals surface area (Å²) in [5.74, 6) is -0.713. The van der Waals surface area contributed by atoms with Gasteiger partial charge in [0, 0.05) is 5.54 Å². The van der Waals surface area contributed by atoms with E-state index >= 15 is 0 Å². The summed E-state index contributed by atoms with van der Waals surface area (Å²) in [4.78, 5) is 0. The van der Waals surface area contributed by atoms with E-state index in [2.05, 4.69) is 6.92 Å². The fourth-order valence-corrected chi connectivity index (χ4v) is 2.88. The largest absolute Gasteiger partial charge is 0.419 e. The van der Waals surface area contributed by atoms with E-state index in [9.17, 15) is 17.6 Å². The van der Waals surface area contributed by atoms with Gasteiger partial charge in [0.25, 0.3) is 0 Å². The lowest BCUT2D eigenvalue weighted by Gasteiger charge is -2.29. The second-order valence-corrected chi connectivity index (χ2v) is 5.88. The normalized spacial score (nSPS) is 28.2. The second-order valence-electron chi connectivity index (χ2n) is 5.88. The summed E-state index contributed by atoms with van der Waals surface area (Å²) < 4.78 is 51.7. The van der Waals surface area contributed by atoms with Crippen molar-refractivity contribution in [3.05, 3.63) is 35.1 Å². The van der Waals surface area contributed by atoms with Crippen molar-refractivity contribution in [3.8, 4) is 0 Å². The third-order valence-electron chi connectivity index (χ3n) is 4.25. The van der Waals surface area contributed by atoms with Crippen LogP contribution in [0.25, 0.3) is 0 Å². The number of hydrogen-bond acceptors (Lipinski definition) is 1. The molecule has 2 unspecified atom stereocenters. The average Bonchev–Trinajstić information content (AvgIpc) is 2.51. The molecule has 0 heterocycles. The lowest BCUT2D eigenvalue weighted by molar-refractivity contribution is -0.140. The van der Waals surface area contributed by atoms with Gasteiger partial charge in [-0.05, 0) is 42.9 Å². The van der Waals surface area contributed by atoms with Crippen LogP contribution in [0.1, 0.15) is 50.2 Å². The zero-order chi connectivity index (χ0) is 15.0. The van der Waals surface area contributed by atoms with Gasteiger partial charge < -0.3 is 5.73 Å². The highest BCUT2D eigenvalue weighted by Crippen LogP contribution is 2.39. The first-order valence-electron chi connectivity index (χ1n) is 6.88. The lowest BCUT2D eigenvalue weighted by Crippen LogP contribution is -2.36. The number of alkyl halides is 3. The monoisotopic (exact) mass is 289 g/mol. The van der Waals surface area contributed by atoms with Gasteiger partial charge in [0.15, 0.2) is 0 Å². The summed E-state index contributed by atoms with van der Waals surface area (Å²) in [5.41, 5.74) is 4.70. The number of halogens is 4. The van der Waals surface area contributed by atoms with Crippen LogP contribution in [0.2, 0.25) is 0 Å². The predicted octanol–water partition coefficient (Wildman–Crippen LogP) is 4.60. The minimum Gasteiger partial charge on any atom is -0.321 e. The van der Waals surface area contributed by atoms with Crippen LogP contribution >= 0.6 is 0 Å². The first kappa shape index (κ1) is 15.3. The molecule has 1 nitrogen and oxygen atoms in total. The Labute approximate surface area is 116 Å². The number of rotatable bonds is 1. The van der Waals surface area contributed by atoms with Gasteiger partial charge in [-0.25, -0.2) is 4.39 Å². The van der Waals surface area contributed by atoms with Crippen LogP contribution in [0.3, 0.4) is 0 Å². The third kappa shape index (κ3) is 3.14. The van der Waals surface area contributed by atoms with E-state index in [-0.39, 0.29) is 0 Å². The molecule has 1 fully saturated rings. The van der Waals surface area contributed by atoms with E-state index in [1.165, 1.54) is 6.07 Å². The van der Waals surface area contributed by atoms with Crippen LogP contribution < -0.4 is 5.73 Å². The number of hydrogen-bond donors (Lipinski definition) is 1. The minimum absolute atomic E-state index is 0.389. The van der Waals surface area contributed by atoms with Crippen molar-refractivity contribution in [3.63, 3.8) is 0 Å². The Bertz CT molecular complexity index is 483. The van der Waals surface area contributed by atoms with Crippen molar-refractivity contribution in [2.75, 3.05) is 0 Å². The molecule has 1 saturated carbocycles. The minimum atomic E-state index is -4.69. The van der Waals surface area contributed by atoms with Gasteiger partial charge in [-0.2, -0.15) is 13.2 Å². The van der Waals surface area contributed by atoms with E-state index in [0.717, 1.165) is 31.4 Å². The molecule has 0 saturated heterocycles. The zero-order valence-corrected chi connectivity index (χ0v) is 11.4. The predicted molar refractivity (Wildman–Crippen MR) is 69.5 cm³/mol. The van der Waals surface area contributed by atoms with Crippen molar-refractivity contribution >= 4 is 0 Å². The SMILES string of the molecule is CC1CCCC(N)(c2ccc(F)c(C(F)(F)F)c2)CC1. The fourth-order valence-electron chi connectivity index (χ4n) is 2.88. The Morgan fingerprint density at radius 1 is 1.20 bits per heavy atom. The molecule has 0 amide bonds. The molecule has 0 spiro atoms. The van der Waals surface area contributed by atoms with E-state index < -0.39 is 23.1 Å². The van der Waals surface area contributed by atoms with Gasteiger partial charge in [-0.3, -0.25) is 0 Å². The van der Waals surface area contributed by atoms with E-state index in [1.54, 1.807) is 0 Å². The Hall–Kier alpha value is -1.10. The summed E-state index contributed by atoms with van der Waals surface area (Å²) in [6, 6.07) is 3.15. The van der Waals surface area contributed by atoms with Gasteiger partial charge >= 0.3 is 6.18 Å². The van der Waals surface area contributed by atoms with Gasteiger partial charge in [-0.15, -0.1) is 0 Å². The number of benzene rings is 1. The molecule has 112 valence electrons.